The summed E-state index contributed by atoms with van der Waals surface area (Å²) in [5, 5.41) is 5.99. The lowest BCUT2D eigenvalue weighted by Gasteiger charge is -2.36. The number of fused-ring (bicyclic) bond motifs is 8. The van der Waals surface area contributed by atoms with E-state index in [-0.39, 0.29) is 5.41 Å². The molecule has 7 rings (SSSR count). The van der Waals surface area contributed by atoms with Gasteiger partial charge in [0.2, 0.25) is 0 Å². The highest BCUT2D eigenvalue weighted by atomic mass is 16.3. The second-order valence-electron chi connectivity index (χ2n) is 9.38. The van der Waals surface area contributed by atoms with Crippen LogP contribution in [-0.2, 0) is 5.41 Å². The Morgan fingerprint density at radius 2 is 1.31 bits per heavy atom. The lowest BCUT2D eigenvalue weighted by molar-refractivity contribution is 0.353. The van der Waals surface area contributed by atoms with Crippen LogP contribution in [0.5, 0.6) is 0 Å². The minimum atomic E-state index is 0.185. The fraction of sp³-hybridized carbons (Fsp3) is 0.200. The summed E-state index contributed by atoms with van der Waals surface area (Å²) >= 11 is 0. The molecule has 2 heteroatoms. The summed E-state index contributed by atoms with van der Waals surface area (Å²) in [4.78, 5) is 0. The molecular formula is C30H25NO. The highest BCUT2D eigenvalue weighted by Crippen LogP contribution is 2.56. The Balaban J connectivity index is 1.30. The Bertz CT molecular complexity index is 1490. The number of nitrogens with one attached hydrogen (secondary N) is 1. The van der Waals surface area contributed by atoms with Crippen molar-refractivity contribution in [3.8, 4) is 11.1 Å². The maximum atomic E-state index is 6.10. The normalized spacial score (nSPS) is 16.4. The Morgan fingerprint density at radius 3 is 2.25 bits per heavy atom. The molecule has 2 aliphatic rings. The number of anilines is 2. The Morgan fingerprint density at radius 1 is 0.594 bits per heavy atom. The van der Waals surface area contributed by atoms with Crippen molar-refractivity contribution in [3.05, 3.63) is 96.1 Å². The number of furan rings is 1. The zero-order chi connectivity index (χ0) is 21.1. The highest BCUT2D eigenvalue weighted by Gasteiger charge is 2.43. The number of rotatable bonds is 2. The van der Waals surface area contributed by atoms with Crippen molar-refractivity contribution in [1.29, 1.82) is 0 Å². The van der Waals surface area contributed by atoms with Crippen LogP contribution in [0.3, 0.4) is 0 Å². The van der Waals surface area contributed by atoms with Gasteiger partial charge in [-0.1, -0.05) is 67.8 Å². The first-order valence-electron chi connectivity index (χ1n) is 11.7. The minimum Gasteiger partial charge on any atom is -0.456 e. The van der Waals surface area contributed by atoms with E-state index in [0.717, 1.165) is 27.9 Å². The predicted octanol–water partition coefficient (Wildman–Crippen LogP) is 8.56. The van der Waals surface area contributed by atoms with Crippen LogP contribution in [-0.4, -0.2) is 0 Å². The first-order chi connectivity index (χ1) is 15.8. The molecule has 0 aliphatic heterocycles. The first kappa shape index (κ1) is 18.1. The SMILES string of the molecule is c1ccc2c(c1)-c1ccc(Nc3ccc4c(c3)oc3ccccc34)cc1C21CCCCC1. The second-order valence-corrected chi connectivity index (χ2v) is 9.38. The van der Waals surface area contributed by atoms with Crippen molar-refractivity contribution < 1.29 is 4.42 Å². The lowest BCUT2D eigenvalue weighted by atomic mass is 9.68. The van der Waals surface area contributed by atoms with Crippen molar-refractivity contribution >= 4 is 33.3 Å². The number of hydrogen-bond acceptors (Lipinski definition) is 2. The van der Waals surface area contributed by atoms with Crippen molar-refractivity contribution in [2.24, 2.45) is 0 Å². The van der Waals surface area contributed by atoms with E-state index >= 15 is 0 Å². The first-order valence-corrected chi connectivity index (χ1v) is 11.7. The quantitative estimate of drug-likeness (QED) is 0.312. The van der Waals surface area contributed by atoms with Gasteiger partial charge in [-0.25, -0.2) is 0 Å². The third-order valence-electron chi connectivity index (χ3n) is 7.64. The van der Waals surface area contributed by atoms with Gasteiger partial charge in [0.25, 0.3) is 0 Å². The smallest absolute Gasteiger partial charge is 0.137 e. The van der Waals surface area contributed by atoms with Crippen molar-refractivity contribution in [2.75, 3.05) is 5.32 Å². The van der Waals surface area contributed by atoms with Crippen LogP contribution in [0.1, 0.15) is 43.2 Å². The van der Waals surface area contributed by atoms with Gasteiger partial charge in [0, 0.05) is 33.6 Å². The number of benzene rings is 4. The van der Waals surface area contributed by atoms with E-state index in [0.29, 0.717) is 0 Å². The van der Waals surface area contributed by atoms with E-state index in [1.54, 1.807) is 0 Å². The molecule has 156 valence electrons. The van der Waals surface area contributed by atoms with Crippen LogP contribution in [0.4, 0.5) is 11.4 Å². The van der Waals surface area contributed by atoms with E-state index < -0.39 is 0 Å². The molecule has 32 heavy (non-hydrogen) atoms. The zero-order valence-corrected chi connectivity index (χ0v) is 18.0. The number of para-hydroxylation sites is 1. The molecule has 0 bridgehead atoms. The number of hydrogen-bond donors (Lipinski definition) is 1. The Kier molecular flexibility index (Phi) is 3.81. The van der Waals surface area contributed by atoms with Gasteiger partial charge in [-0.05, 0) is 65.4 Å². The maximum Gasteiger partial charge on any atom is 0.137 e. The minimum absolute atomic E-state index is 0.185. The highest BCUT2D eigenvalue weighted by molar-refractivity contribution is 6.05. The van der Waals surface area contributed by atoms with E-state index in [1.165, 1.54) is 59.7 Å². The Hall–Kier alpha value is -3.52. The molecule has 5 aromatic rings. The monoisotopic (exact) mass is 415 g/mol. The van der Waals surface area contributed by atoms with Crippen molar-refractivity contribution in [3.63, 3.8) is 0 Å². The molecule has 2 nitrogen and oxygen atoms in total. The van der Waals surface area contributed by atoms with Gasteiger partial charge >= 0.3 is 0 Å². The molecule has 1 fully saturated rings. The third-order valence-corrected chi connectivity index (χ3v) is 7.64. The molecule has 1 N–H and O–H groups in total. The van der Waals surface area contributed by atoms with Crippen LogP contribution in [0.25, 0.3) is 33.1 Å². The van der Waals surface area contributed by atoms with E-state index in [2.05, 4.69) is 78.1 Å². The summed E-state index contributed by atoms with van der Waals surface area (Å²) in [7, 11) is 0. The van der Waals surface area contributed by atoms with Crippen LogP contribution in [0, 0.1) is 0 Å². The van der Waals surface area contributed by atoms with Crippen molar-refractivity contribution in [2.45, 2.75) is 37.5 Å². The molecule has 0 saturated heterocycles. The molecule has 2 aliphatic carbocycles. The van der Waals surface area contributed by atoms with Gasteiger partial charge in [-0.2, -0.15) is 0 Å². The summed E-state index contributed by atoms with van der Waals surface area (Å²) in [5.41, 5.74) is 10.2. The molecule has 0 amide bonds. The fourth-order valence-electron chi connectivity index (χ4n) is 6.20. The molecule has 0 atom stereocenters. The average molecular weight is 416 g/mol. The molecule has 4 aromatic carbocycles. The van der Waals surface area contributed by atoms with Crippen LogP contribution < -0.4 is 5.32 Å². The summed E-state index contributed by atoms with van der Waals surface area (Å²) in [6.45, 7) is 0. The summed E-state index contributed by atoms with van der Waals surface area (Å²) in [5.74, 6) is 0. The molecule has 1 saturated carbocycles. The van der Waals surface area contributed by atoms with E-state index in [1.807, 2.05) is 12.1 Å². The summed E-state index contributed by atoms with van der Waals surface area (Å²) < 4.78 is 6.10. The topological polar surface area (TPSA) is 25.2 Å². The standard InChI is InChI=1S/C30H25NO/c1-6-16-30(17-7-1)26-10-4-2-8-22(26)23-14-12-20(18-27(23)30)31-21-13-15-25-24-9-3-5-11-28(24)32-29(25)19-21/h2-5,8-15,18-19,31H,1,6-7,16-17H2. The van der Waals surface area contributed by atoms with Gasteiger partial charge < -0.3 is 9.73 Å². The Labute approximate surface area is 187 Å². The van der Waals surface area contributed by atoms with E-state index in [4.69, 9.17) is 4.42 Å². The fourth-order valence-corrected chi connectivity index (χ4v) is 6.20. The van der Waals surface area contributed by atoms with Gasteiger partial charge in [0.15, 0.2) is 0 Å². The maximum absolute atomic E-state index is 6.10. The predicted molar refractivity (Wildman–Crippen MR) is 133 cm³/mol. The van der Waals surface area contributed by atoms with Crippen LogP contribution in [0.2, 0.25) is 0 Å². The van der Waals surface area contributed by atoms with Gasteiger partial charge in [0.1, 0.15) is 11.2 Å². The summed E-state index contributed by atoms with van der Waals surface area (Å²) in [6.07, 6.45) is 6.49. The molecule has 1 heterocycles. The van der Waals surface area contributed by atoms with E-state index in [9.17, 15) is 0 Å². The van der Waals surface area contributed by atoms with Crippen LogP contribution >= 0.6 is 0 Å². The average Bonchev–Trinajstić information content (AvgIpc) is 3.33. The second kappa shape index (κ2) is 6.74. The molecule has 1 aromatic heterocycles. The van der Waals surface area contributed by atoms with Crippen LogP contribution in [0.15, 0.2) is 89.3 Å². The zero-order valence-electron chi connectivity index (χ0n) is 18.0. The largest absolute Gasteiger partial charge is 0.456 e. The summed E-state index contributed by atoms with van der Waals surface area (Å²) in [6, 6.07) is 30.7. The van der Waals surface area contributed by atoms with Crippen molar-refractivity contribution in [1.82, 2.24) is 0 Å². The lowest BCUT2D eigenvalue weighted by Crippen LogP contribution is -2.28. The molecular weight excluding hydrogens is 390 g/mol. The third kappa shape index (κ3) is 2.53. The van der Waals surface area contributed by atoms with Gasteiger partial charge in [-0.3, -0.25) is 0 Å². The van der Waals surface area contributed by atoms with Gasteiger partial charge in [0.05, 0.1) is 0 Å². The molecule has 0 unspecified atom stereocenters. The molecule has 1 spiro atoms. The van der Waals surface area contributed by atoms with Gasteiger partial charge in [-0.15, -0.1) is 0 Å². The molecule has 0 radical (unpaired) electrons.